The van der Waals surface area contributed by atoms with Crippen LogP contribution in [0.2, 0.25) is 0 Å². The van der Waals surface area contributed by atoms with Gasteiger partial charge in [0, 0.05) is 0 Å². The summed E-state index contributed by atoms with van der Waals surface area (Å²) in [4.78, 5) is 9.97. The molecule has 0 N–H and O–H groups in total. The molecule has 0 amide bonds. The Morgan fingerprint density at radius 1 is 1.67 bits per heavy atom. The SMILES string of the molecule is B/C(C=O)=C\OC(C)C. The predicted octanol–water partition coefficient (Wildman–Crippen LogP) is 0.0848. The zero-order valence-corrected chi connectivity index (χ0v) is 6.05. The van der Waals surface area contributed by atoms with Crippen LogP contribution in [0.4, 0.5) is 0 Å². The number of allylic oxidation sites excluding steroid dienone is 1. The van der Waals surface area contributed by atoms with Crippen molar-refractivity contribution in [2.75, 3.05) is 0 Å². The third-order valence-electron chi connectivity index (χ3n) is 0.712. The van der Waals surface area contributed by atoms with Gasteiger partial charge >= 0.3 is 0 Å². The number of hydrogen-bond donors (Lipinski definition) is 0. The van der Waals surface area contributed by atoms with E-state index >= 15 is 0 Å². The van der Waals surface area contributed by atoms with Crippen molar-refractivity contribution in [3.05, 3.63) is 11.7 Å². The van der Waals surface area contributed by atoms with E-state index in [1.807, 2.05) is 13.8 Å². The van der Waals surface area contributed by atoms with Crippen molar-refractivity contribution in [2.45, 2.75) is 20.0 Å². The van der Waals surface area contributed by atoms with Crippen LogP contribution < -0.4 is 0 Å². The van der Waals surface area contributed by atoms with E-state index in [4.69, 9.17) is 4.74 Å². The molecule has 50 valence electrons. The van der Waals surface area contributed by atoms with Crippen molar-refractivity contribution >= 4 is 14.1 Å². The number of hydrogen-bond acceptors (Lipinski definition) is 2. The molecule has 0 fully saturated rings. The summed E-state index contributed by atoms with van der Waals surface area (Å²) in [5.41, 5.74) is 0.615. The predicted molar refractivity (Wildman–Crippen MR) is 38.9 cm³/mol. The van der Waals surface area contributed by atoms with Crippen molar-refractivity contribution in [1.29, 1.82) is 0 Å². The summed E-state index contributed by atoms with van der Waals surface area (Å²) in [6.45, 7) is 3.82. The molecule has 0 aromatic rings. The van der Waals surface area contributed by atoms with Gasteiger partial charge in [-0.25, -0.2) is 0 Å². The molecular weight excluding hydrogens is 115 g/mol. The van der Waals surface area contributed by atoms with Crippen LogP contribution in [-0.2, 0) is 9.53 Å². The molecule has 0 spiro atoms. The molecule has 0 rings (SSSR count). The van der Waals surface area contributed by atoms with Crippen LogP contribution >= 0.6 is 0 Å². The highest BCUT2D eigenvalue weighted by molar-refractivity contribution is 6.31. The van der Waals surface area contributed by atoms with Gasteiger partial charge in [-0.1, -0.05) is 0 Å². The van der Waals surface area contributed by atoms with E-state index in [0.29, 0.717) is 5.47 Å². The average molecular weight is 126 g/mol. The monoisotopic (exact) mass is 126 g/mol. The van der Waals surface area contributed by atoms with Crippen molar-refractivity contribution in [3.63, 3.8) is 0 Å². The lowest BCUT2D eigenvalue weighted by Gasteiger charge is -2.02. The normalized spacial score (nSPS) is 11.7. The maximum Gasteiger partial charge on any atom is 0.147 e. The van der Waals surface area contributed by atoms with Crippen molar-refractivity contribution in [2.24, 2.45) is 0 Å². The van der Waals surface area contributed by atoms with Gasteiger partial charge < -0.3 is 4.74 Å². The Kier molecular flexibility index (Phi) is 3.85. The van der Waals surface area contributed by atoms with Crippen LogP contribution in [0.25, 0.3) is 0 Å². The molecule has 0 bridgehead atoms. The third kappa shape index (κ3) is 5.14. The summed E-state index contributed by atoms with van der Waals surface area (Å²) in [6, 6.07) is 0. The fourth-order valence-electron chi connectivity index (χ4n) is 0.271. The van der Waals surface area contributed by atoms with Gasteiger partial charge in [0.05, 0.1) is 12.4 Å². The van der Waals surface area contributed by atoms with Gasteiger partial charge in [0.1, 0.15) is 14.1 Å². The van der Waals surface area contributed by atoms with E-state index in [-0.39, 0.29) is 6.10 Å². The number of rotatable bonds is 3. The Bertz CT molecular complexity index is 118. The molecule has 0 aromatic heterocycles. The molecule has 0 saturated heterocycles. The van der Waals surface area contributed by atoms with Crippen LogP contribution in [0, 0.1) is 0 Å². The van der Waals surface area contributed by atoms with Crippen LogP contribution in [-0.4, -0.2) is 20.2 Å². The van der Waals surface area contributed by atoms with E-state index in [2.05, 4.69) is 0 Å². The molecule has 0 aromatic carbocycles. The average Bonchev–Trinajstić information content (AvgIpc) is 1.83. The highest BCUT2D eigenvalue weighted by Gasteiger charge is 1.88. The van der Waals surface area contributed by atoms with Crippen LogP contribution in [0.15, 0.2) is 11.7 Å². The lowest BCUT2D eigenvalue weighted by molar-refractivity contribution is -0.104. The van der Waals surface area contributed by atoms with E-state index in [1.165, 1.54) is 6.26 Å². The minimum atomic E-state index is 0.153. The molecule has 9 heavy (non-hydrogen) atoms. The zero-order valence-electron chi connectivity index (χ0n) is 6.05. The molecule has 0 heterocycles. The first-order chi connectivity index (χ1) is 4.16. The Morgan fingerprint density at radius 3 is 2.56 bits per heavy atom. The molecular formula is C6H11BO2. The van der Waals surface area contributed by atoms with Crippen LogP contribution in [0.3, 0.4) is 0 Å². The topological polar surface area (TPSA) is 26.3 Å². The van der Waals surface area contributed by atoms with E-state index in [0.717, 1.165) is 6.29 Å². The first-order valence-corrected chi connectivity index (χ1v) is 2.94. The molecule has 0 radical (unpaired) electrons. The Balaban J connectivity index is 3.56. The highest BCUT2D eigenvalue weighted by Crippen LogP contribution is 1.90. The molecule has 0 aliphatic carbocycles. The lowest BCUT2D eigenvalue weighted by atomic mass is 10.00. The number of carbonyl (C=O) groups excluding carboxylic acids is 1. The summed E-state index contributed by atoms with van der Waals surface area (Å²) in [5.74, 6) is 0. The Hall–Kier alpha value is -0.725. The highest BCUT2D eigenvalue weighted by atomic mass is 16.5. The third-order valence-corrected chi connectivity index (χ3v) is 0.712. The van der Waals surface area contributed by atoms with Gasteiger partial charge in [-0.15, -0.1) is 0 Å². The first-order valence-electron chi connectivity index (χ1n) is 2.94. The summed E-state index contributed by atoms with van der Waals surface area (Å²) in [5, 5.41) is 0. The van der Waals surface area contributed by atoms with Crippen LogP contribution in [0.1, 0.15) is 13.8 Å². The van der Waals surface area contributed by atoms with E-state index in [9.17, 15) is 4.79 Å². The Labute approximate surface area is 56.3 Å². The first kappa shape index (κ1) is 8.27. The summed E-state index contributed by atoms with van der Waals surface area (Å²) < 4.78 is 5.00. The van der Waals surface area contributed by atoms with Gasteiger partial charge in [0.2, 0.25) is 0 Å². The van der Waals surface area contributed by atoms with E-state index < -0.39 is 0 Å². The van der Waals surface area contributed by atoms with Crippen LogP contribution in [0.5, 0.6) is 0 Å². The van der Waals surface area contributed by atoms with Gasteiger partial charge in [-0.2, -0.15) is 0 Å². The largest absolute Gasteiger partial charge is 0.499 e. The van der Waals surface area contributed by atoms with Gasteiger partial charge in [-0.3, -0.25) is 4.79 Å². The van der Waals surface area contributed by atoms with Crippen molar-refractivity contribution in [1.82, 2.24) is 0 Å². The molecule has 3 heteroatoms. The minimum Gasteiger partial charge on any atom is -0.499 e. The number of aldehydes is 1. The smallest absolute Gasteiger partial charge is 0.147 e. The molecule has 0 unspecified atom stereocenters. The Morgan fingerprint density at radius 2 is 2.22 bits per heavy atom. The molecule has 0 atom stereocenters. The maximum absolute atomic E-state index is 9.97. The minimum absolute atomic E-state index is 0.153. The second kappa shape index (κ2) is 4.18. The summed E-state index contributed by atoms with van der Waals surface area (Å²) in [6.07, 6.45) is 2.39. The zero-order chi connectivity index (χ0) is 7.28. The molecule has 0 aliphatic heterocycles. The fourth-order valence-corrected chi connectivity index (χ4v) is 0.271. The van der Waals surface area contributed by atoms with Crippen molar-refractivity contribution < 1.29 is 9.53 Å². The molecule has 0 saturated carbocycles. The maximum atomic E-state index is 9.97. The molecule has 2 nitrogen and oxygen atoms in total. The molecule has 0 aliphatic rings. The lowest BCUT2D eigenvalue weighted by Crippen LogP contribution is -1.97. The summed E-state index contributed by atoms with van der Waals surface area (Å²) >= 11 is 0. The van der Waals surface area contributed by atoms with Crippen molar-refractivity contribution in [3.8, 4) is 0 Å². The number of carbonyl (C=O) groups is 1. The fraction of sp³-hybridized carbons (Fsp3) is 0.500. The summed E-state index contributed by atoms with van der Waals surface area (Å²) in [7, 11) is 1.70. The van der Waals surface area contributed by atoms with Gasteiger partial charge in [-0.05, 0) is 19.3 Å². The number of ether oxygens (including phenoxy) is 1. The quantitative estimate of drug-likeness (QED) is 0.232. The standard InChI is InChI=1S/C6H11BO2/c1-5(2)9-4-6(7)3-8/h3-5H,7H2,1-2H3/b6-4-. The second-order valence-corrected chi connectivity index (χ2v) is 2.16. The van der Waals surface area contributed by atoms with Gasteiger partial charge in [0.25, 0.3) is 0 Å². The van der Waals surface area contributed by atoms with E-state index in [1.54, 1.807) is 7.85 Å². The van der Waals surface area contributed by atoms with Gasteiger partial charge in [0.15, 0.2) is 0 Å². The second-order valence-electron chi connectivity index (χ2n) is 2.16.